The summed E-state index contributed by atoms with van der Waals surface area (Å²) in [6, 6.07) is 15.0. The lowest BCUT2D eigenvalue weighted by atomic mass is 10.1. The van der Waals surface area contributed by atoms with Crippen molar-refractivity contribution in [3.05, 3.63) is 65.2 Å². The smallest absolute Gasteiger partial charge is 0.298 e. The Balaban J connectivity index is 1.91. The van der Waals surface area contributed by atoms with Crippen LogP contribution >= 0.6 is 0 Å². The normalized spacial score (nSPS) is 10.5. The van der Waals surface area contributed by atoms with E-state index in [4.69, 9.17) is 4.84 Å². The minimum absolute atomic E-state index is 0.614. The summed E-state index contributed by atoms with van der Waals surface area (Å²) in [7, 11) is 0. The van der Waals surface area contributed by atoms with E-state index in [-0.39, 0.29) is 0 Å². The Bertz CT molecular complexity index is 622. The van der Waals surface area contributed by atoms with Gasteiger partial charge in [-0.15, -0.1) is 0 Å². The molecule has 1 amide bonds. The first-order valence-electron chi connectivity index (χ1n) is 6.29. The average molecular weight is 268 g/mol. The zero-order valence-electron chi connectivity index (χ0n) is 11.5. The van der Waals surface area contributed by atoms with Crippen LogP contribution in [0, 0.1) is 13.8 Å². The van der Waals surface area contributed by atoms with Gasteiger partial charge >= 0.3 is 6.09 Å². The number of carbonyl (C=O) groups excluding carboxylic acids is 1. The summed E-state index contributed by atoms with van der Waals surface area (Å²) in [6.45, 7) is 4.01. The van der Waals surface area contributed by atoms with Crippen LogP contribution in [0.4, 0.5) is 10.5 Å². The Morgan fingerprint density at radius 3 is 2.60 bits per heavy atom. The molecule has 0 saturated heterocycles. The van der Waals surface area contributed by atoms with Crippen molar-refractivity contribution in [3.8, 4) is 0 Å². The lowest BCUT2D eigenvalue weighted by molar-refractivity contribution is 0.167. The van der Waals surface area contributed by atoms with Gasteiger partial charge in [-0.1, -0.05) is 47.1 Å². The molecule has 20 heavy (non-hydrogen) atoms. The van der Waals surface area contributed by atoms with E-state index in [9.17, 15) is 4.79 Å². The molecule has 4 heteroatoms. The summed E-state index contributed by atoms with van der Waals surface area (Å²) in [5.74, 6) is 0. The lowest BCUT2D eigenvalue weighted by Crippen LogP contribution is -2.10. The van der Waals surface area contributed by atoms with Crippen molar-refractivity contribution >= 4 is 18.0 Å². The first-order chi connectivity index (χ1) is 9.65. The minimum atomic E-state index is -0.614. The van der Waals surface area contributed by atoms with E-state index in [2.05, 4.69) is 10.5 Å². The van der Waals surface area contributed by atoms with Gasteiger partial charge in [0, 0.05) is 5.69 Å². The largest absolute Gasteiger partial charge is 0.437 e. The van der Waals surface area contributed by atoms with Crippen molar-refractivity contribution in [2.24, 2.45) is 5.16 Å². The number of oxime groups is 1. The van der Waals surface area contributed by atoms with Gasteiger partial charge in [0.2, 0.25) is 0 Å². The van der Waals surface area contributed by atoms with Gasteiger partial charge in [-0.05, 0) is 37.1 Å². The van der Waals surface area contributed by atoms with E-state index in [1.807, 2.05) is 50.2 Å². The molecule has 0 aromatic heterocycles. The van der Waals surface area contributed by atoms with Crippen LogP contribution in [0.15, 0.2) is 53.7 Å². The number of hydrogen-bond donors (Lipinski definition) is 1. The predicted molar refractivity (Wildman–Crippen MR) is 80.1 cm³/mol. The first-order valence-corrected chi connectivity index (χ1v) is 6.29. The zero-order valence-corrected chi connectivity index (χ0v) is 11.5. The van der Waals surface area contributed by atoms with Crippen molar-refractivity contribution in [1.29, 1.82) is 0 Å². The van der Waals surface area contributed by atoms with Crippen LogP contribution in [-0.2, 0) is 4.84 Å². The van der Waals surface area contributed by atoms with Crippen LogP contribution in [0.5, 0.6) is 0 Å². The molecule has 0 aliphatic rings. The maximum atomic E-state index is 11.5. The van der Waals surface area contributed by atoms with Gasteiger partial charge in [-0.2, -0.15) is 0 Å². The number of nitrogens with zero attached hydrogens (tertiary/aromatic N) is 1. The topological polar surface area (TPSA) is 50.7 Å². The summed E-state index contributed by atoms with van der Waals surface area (Å²) < 4.78 is 0. The number of carbonyl (C=O) groups is 1. The molecule has 0 unspecified atom stereocenters. The van der Waals surface area contributed by atoms with E-state index in [1.54, 1.807) is 12.1 Å². The van der Waals surface area contributed by atoms with Crippen LogP contribution in [-0.4, -0.2) is 12.3 Å². The van der Waals surface area contributed by atoms with Crippen molar-refractivity contribution in [2.45, 2.75) is 13.8 Å². The Hall–Kier alpha value is -2.62. The highest BCUT2D eigenvalue weighted by Crippen LogP contribution is 2.08. The van der Waals surface area contributed by atoms with Gasteiger partial charge in [0.05, 0.1) is 6.21 Å². The molecule has 0 heterocycles. The molecule has 0 saturated carbocycles. The third-order valence-electron chi connectivity index (χ3n) is 2.77. The van der Waals surface area contributed by atoms with Crippen LogP contribution in [0.2, 0.25) is 0 Å². The second-order valence-electron chi connectivity index (χ2n) is 4.46. The number of benzene rings is 2. The van der Waals surface area contributed by atoms with E-state index in [0.717, 1.165) is 11.1 Å². The molecule has 2 aromatic carbocycles. The van der Waals surface area contributed by atoms with Gasteiger partial charge in [-0.25, -0.2) is 4.79 Å². The first kappa shape index (κ1) is 13.8. The fourth-order valence-corrected chi connectivity index (χ4v) is 1.76. The standard InChI is InChI=1S/C16H16N2O2/c1-12-8-9-14(13(2)10-12)11-17-20-16(19)18-15-6-4-3-5-7-15/h3-11H,1-2H3,(H,18,19)/b17-11-. The summed E-state index contributed by atoms with van der Waals surface area (Å²) in [5.41, 5.74) is 3.85. The van der Waals surface area contributed by atoms with Crippen LogP contribution in [0.1, 0.15) is 16.7 Å². The van der Waals surface area contributed by atoms with Crippen molar-refractivity contribution in [2.75, 3.05) is 5.32 Å². The molecule has 0 spiro atoms. The Labute approximate surface area is 118 Å². The summed E-state index contributed by atoms with van der Waals surface area (Å²) in [4.78, 5) is 16.2. The quantitative estimate of drug-likeness (QED) is 0.521. The van der Waals surface area contributed by atoms with Gasteiger partial charge in [-0.3, -0.25) is 10.2 Å². The Kier molecular flexibility index (Phi) is 4.50. The van der Waals surface area contributed by atoms with Crippen molar-refractivity contribution < 1.29 is 9.63 Å². The molecule has 0 radical (unpaired) electrons. The molecule has 1 N–H and O–H groups in total. The molecule has 0 bridgehead atoms. The number of amides is 1. The monoisotopic (exact) mass is 268 g/mol. The van der Waals surface area contributed by atoms with Crippen LogP contribution in [0.3, 0.4) is 0 Å². The molecule has 4 nitrogen and oxygen atoms in total. The van der Waals surface area contributed by atoms with Gasteiger partial charge < -0.3 is 0 Å². The Morgan fingerprint density at radius 2 is 1.90 bits per heavy atom. The fraction of sp³-hybridized carbons (Fsp3) is 0.125. The maximum absolute atomic E-state index is 11.5. The SMILES string of the molecule is Cc1ccc(/C=N\OC(=O)Nc2ccccc2)c(C)c1. The van der Waals surface area contributed by atoms with Crippen molar-refractivity contribution in [3.63, 3.8) is 0 Å². The summed E-state index contributed by atoms with van der Waals surface area (Å²) in [5, 5.41) is 6.27. The minimum Gasteiger partial charge on any atom is -0.298 e. The number of aryl methyl sites for hydroxylation is 2. The third kappa shape index (κ3) is 3.95. The van der Waals surface area contributed by atoms with E-state index < -0.39 is 6.09 Å². The molecule has 0 aliphatic heterocycles. The zero-order chi connectivity index (χ0) is 14.4. The molecule has 0 aliphatic carbocycles. The number of nitrogens with one attached hydrogen (secondary N) is 1. The van der Waals surface area contributed by atoms with Gasteiger partial charge in [0.1, 0.15) is 0 Å². The Morgan fingerprint density at radius 1 is 1.15 bits per heavy atom. The highest BCUT2D eigenvalue weighted by atomic mass is 16.7. The number of anilines is 1. The van der Waals surface area contributed by atoms with E-state index in [1.165, 1.54) is 11.8 Å². The molecule has 2 aromatic rings. The maximum Gasteiger partial charge on any atom is 0.437 e. The average Bonchev–Trinajstić information content (AvgIpc) is 2.42. The van der Waals surface area contributed by atoms with E-state index in [0.29, 0.717) is 5.69 Å². The molecule has 0 atom stereocenters. The molecule has 0 fully saturated rings. The lowest BCUT2D eigenvalue weighted by Gasteiger charge is -2.02. The van der Waals surface area contributed by atoms with E-state index >= 15 is 0 Å². The number of rotatable bonds is 3. The summed E-state index contributed by atoms with van der Waals surface area (Å²) in [6.07, 6.45) is 0.913. The molecule has 102 valence electrons. The highest BCUT2D eigenvalue weighted by molar-refractivity contribution is 5.86. The van der Waals surface area contributed by atoms with Crippen molar-refractivity contribution in [1.82, 2.24) is 0 Å². The van der Waals surface area contributed by atoms with Gasteiger partial charge in [0.25, 0.3) is 0 Å². The third-order valence-corrected chi connectivity index (χ3v) is 2.77. The molecular formula is C16H16N2O2. The molecule has 2 rings (SSSR count). The van der Waals surface area contributed by atoms with Crippen LogP contribution < -0.4 is 5.32 Å². The van der Waals surface area contributed by atoms with Gasteiger partial charge in [0.15, 0.2) is 0 Å². The predicted octanol–water partition coefficient (Wildman–Crippen LogP) is 3.89. The van der Waals surface area contributed by atoms with Crippen LogP contribution in [0.25, 0.3) is 0 Å². The number of hydrogen-bond acceptors (Lipinski definition) is 3. The summed E-state index contributed by atoms with van der Waals surface area (Å²) >= 11 is 0. The number of para-hydroxylation sites is 1. The molecular weight excluding hydrogens is 252 g/mol. The second kappa shape index (κ2) is 6.52. The highest BCUT2D eigenvalue weighted by Gasteiger charge is 2.01. The second-order valence-corrected chi connectivity index (χ2v) is 4.46. The fourth-order valence-electron chi connectivity index (χ4n) is 1.76.